The summed E-state index contributed by atoms with van der Waals surface area (Å²) in [6, 6.07) is 4.16. The number of ether oxygens (including phenoxy) is 1. The Morgan fingerprint density at radius 1 is 1.04 bits per heavy atom. The van der Waals surface area contributed by atoms with Crippen molar-refractivity contribution >= 4 is 40.0 Å². The number of carbonyl (C=O) groups excluding carboxylic acids is 1. The summed E-state index contributed by atoms with van der Waals surface area (Å²) in [7, 11) is 0. The number of aryl methyl sites for hydroxylation is 3. The van der Waals surface area contributed by atoms with Crippen LogP contribution in [0, 0.1) is 20.8 Å². The molecule has 0 aromatic carbocycles. The fraction of sp³-hybridized carbons (Fsp3) is 0.312. The Labute approximate surface area is 146 Å². The van der Waals surface area contributed by atoms with Crippen molar-refractivity contribution in [2.24, 2.45) is 0 Å². The van der Waals surface area contributed by atoms with Crippen LogP contribution in [0.1, 0.15) is 33.0 Å². The first-order valence-corrected chi connectivity index (χ1v) is 9.63. The highest BCUT2D eigenvalue weighted by Crippen LogP contribution is 2.40. The second-order valence-corrected chi connectivity index (χ2v) is 8.25. The van der Waals surface area contributed by atoms with Crippen LogP contribution in [-0.4, -0.2) is 22.5 Å². The number of hydrogen-bond acceptors (Lipinski definition) is 7. The minimum atomic E-state index is -0.292. The Morgan fingerprint density at radius 2 is 1.78 bits per heavy atom. The Balaban J connectivity index is 1.93. The second kappa shape index (κ2) is 6.51. The molecular formula is C16H16N2O2S3. The van der Waals surface area contributed by atoms with Gasteiger partial charge in [-0.1, -0.05) is 0 Å². The molecule has 3 heterocycles. The molecule has 3 aromatic heterocycles. The standard InChI is InChI=1S/C16H16N2O2S3/c1-5-20-16(19)14-9(3)18-15(23-14)12-7-6-11(22-12)13-8(2)17-10(4)21-13/h6-7H,5H2,1-4H3. The average molecular weight is 365 g/mol. The molecular weight excluding hydrogens is 348 g/mol. The van der Waals surface area contributed by atoms with Gasteiger partial charge in [-0.15, -0.1) is 34.0 Å². The van der Waals surface area contributed by atoms with Gasteiger partial charge in [0.1, 0.15) is 9.88 Å². The molecule has 0 bridgehead atoms. The van der Waals surface area contributed by atoms with E-state index < -0.39 is 0 Å². The van der Waals surface area contributed by atoms with Crippen LogP contribution in [0.4, 0.5) is 0 Å². The molecule has 0 aliphatic rings. The zero-order valence-corrected chi connectivity index (χ0v) is 15.7. The molecule has 0 aliphatic carbocycles. The van der Waals surface area contributed by atoms with Crippen LogP contribution in [0.5, 0.6) is 0 Å². The Bertz CT molecular complexity index is 861. The third-order valence-corrected chi connectivity index (χ3v) is 6.85. The van der Waals surface area contributed by atoms with Crippen LogP contribution in [-0.2, 0) is 4.74 Å². The van der Waals surface area contributed by atoms with Gasteiger partial charge in [-0.2, -0.15) is 0 Å². The number of carbonyl (C=O) groups is 1. The van der Waals surface area contributed by atoms with Gasteiger partial charge in [-0.3, -0.25) is 0 Å². The summed E-state index contributed by atoms with van der Waals surface area (Å²) in [4.78, 5) is 25.0. The fourth-order valence-electron chi connectivity index (χ4n) is 2.22. The van der Waals surface area contributed by atoms with Crippen LogP contribution in [0.15, 0.2) is 12.1 Å². The van der Waals surface area contributed by atoms with E-state index in [1.54, 1.807) is 29.6 Å². The third kappa shape index (κ3) is 3.22. The minimum absolute atomic E-state index is 0.292. The van der Waals surface area contributed by atoms with Crippen molar-refractivity contribution in [3.05, 3.63) is 33.4 Å². The van der Waals surface area contributed by atoms with Gasteiger partial charge in [0.05, 0.1) is 32.8 Å². The number of thiophene rings is 1. The van der Waals surface area contributed by atoms with E-state index in [2.05, 4.69) is 22.1 Å². The summed E-state index contributed by atoms with van der Waals surface area (Å²) >= 11 is 4.78. The molecule has 0 aliphatic heterocycles. The molecule has 0 saturated heterocycles. The summed E-state index contributed by atoms with van der Waals surface area (Å²) < 4.78 is 5.08. The average Bonchev–Trinajstić information content (AvgIpc) is 3.17. The topological polar surface area (TPSA) is 52.1 Å². The quantitative estimate of drug-likeness (QED) is 0.605. The highest BCUT2D eigenvalue weighted by molar-refractivity contribution is 7.26. The van der Waals surface area contributed by atoms with Crippen LogP contribution < -0.4 is 0 Å². The SMILES string of the molecule is CCOC(=O)c1sc(-c2ccc(-c3sc(C)nc3C)s2)nc1C. The van der Waals surface area contributed by atoms with Crippen molar-refractivity contribution < 1.29 is 9.53 Å². The van der Waals surface area contributed by atoms with Gasteiger partial charge in [0, 0.05) is 4.88 Å². The Morgan fingerprint density at radius 3 is 2.43 bits per heavy atom. The smallest absolute Gasteiger partial charge is 0.350 e. The molecule has 120 valence electrons. The lowest BCUT2D eigenvalue weighted by molar-refractivity contribution is 0.0531. The lowest BCUT2D eigenvalue weighted by Crippen LogP contribution is -2.03. The second-order valence-electron chi connectivity index (χ2n) is 4.97. The van der Waals surface area contributed by atoms with Gasteiger partial charge in [-0.25, -0.2) is 14.8 Å². The zero-order chi connectivity index (χ0) is 16.6. The Hall–Kier alpha value is -1.57. The first kappa shape index (κ1) is 16.3. The Kier molecular flexibility index (Phi) is 4.61. The molecule has 23 heavy (non-hydrogen) atoms. The van der Waals surface area contributed by atoms with Gasteiger partial charge >= 0.3 is 5.97 Å². The lowest BCUT2D eigenvalue weighted by Gasteiger charge is -1.97. The van der Waals surface area contributed by atoms with Crippen LogP contribution >= 0.6 is 34.0 Å². The molecule has 3 rings (SSSR count). The highest BCUT2D eigenvalue weighted by Gasteiger charge is 2.19. The van der Waals surface area contributed by atoms with Crippen molar-refractivity contribution in [2.75, 3.05) is 6.61 Å². The number of hydrogen-bond donors (Lipinski definition) is 0. The van der Waals surface area contributed by atoms with Gasteiger partial charge in [0.25, 0.3) is 0 Å². The maximum Gasteiger partial charge on any atom is 0.350 e. The first-order valence-electron chi connectivity index (χ1n) is 7.18. The lowest BCUT2D eigenvalue weighted by atomic mass is 10.3. The molecule has 7 heteroatoms. The maximum absolute atomic E-state index is 11.9. The normalized spacial score (nSPS) is 11.0. The molecule has 0 atom stereocenters. The molecule has 3 aromatic rings. The summed E-state index contributed by atoms with van der Waals surface area (Å²) in [5.41, 5.74) is 1.78. The first-order chi connectivity index (χ1) is 11.0. The number of rotatable bonds is 4. The number of nitrogens with zero attached hydrogens (tertiary/aromatic N) is 2. The van der Waals surface area contributed by atoms with E-state index in [0.29, 0.717) is 11.5 Å². The van der Waals surface area contributed by atoms with E-state index in [0.717, 1.165) is 26.3 Å². The van der Waals surface area contributed by atoms with E-state index in [1.807, 2.05) is 20.8 Å². The van der Waals surface area contributed by atoms with E-state index in [9.17, 15) is 4.79 Å². The van der Waals surface area contributed by atoms with Crippen LogP contribution in [0.25, 0.3) is 19.6 Å². The number of aromatic nitrogens is 2. The number of esters is 1. The summed E-state index contributed by atoms with van der Waals surface area (Å²) in [6.45, 7) is 8.08. The van der Waals surface area contributed by atoms with Crippen molar-refractivity contribution in [3.63, 3.8) is 0 Å². The molecule has 0 radical (unpaired) electrons. The number of thiazole rings is 2. The molecule has 0 fully saturated rings. The molecule has 4 nitrogen and oxygen atoms in total. The summed E-state index contributed by atoms with van der Waals surface area (Å²) in [6.07, 6.45) is 0. The molecule has 0 spiro atoms. The highest BCUT2D eigenvalue weighted by atomic mass is 32.1. The van der Waals surface area contributed by atoms with E-state index in [1.165, 1.54) is 21.1 Å². The van der Waals surface area contributed by atoms with E-state index in [-0.39, 0.29) is 5.97 Å². The predicted octanol–water partition coefficient (Wildman–Crippen LogP) is 5.10. The van der Waals surface area contributed by atoms with Crippen molar-refractivity contribution in [2.45, 2.75) is 27.7 Å². The van der Waals surface area contributed by atoms with Crippen LogP contribution in [0.3, 0.4) is 0 Å². The largest absolute Gasteiger partial charge is 0.462 e. The predicted molar refractivity (Wildman–Crippen MR) is 96.7 cm³/mol. The van der Waals surface area contributed by atoms with Gasteiger partial charge in [0.2, 0.25) is 0 Å². The molecule has 0 unspecified atom stereocenters. The van der Waals surface area contributed by atoms with Crippen molar-refractivity contribution in [1.29, 1.82) is 0 Å². The summed E-state index contributed by atoms with van der Waals surface area (Å²) in [5, 5.41) is 1.93. The van der Waals surface area contributed by atoms with Gasteiger partial charge in [-0.05, 0) is 39.8 Å². The van der Waals surface area contributed by atoms with E-state index in [4.69, 9.17) is 4.74 Å². The van der Waals surface area contributed by atoms with Gasteiger partial charge < -0.3 is 4.74 Å². The van der Waals surface area contributed by atoms with Gasteiger partial charge in [0.15, 0.2) is 0 Å². The fourth-order valence-corrected chi connectivity index (χ4v) is 5.33. The third-order valence-electron chi connectivity index (χ3n) is 3.20. The summed E-state index contributed by atoms with van der Waals surface area (Å²) in [5.74, 6) is -0.292. The molecule has 0 amide bonds. The molecule has 0 N–H and O–H groups in total. The van der Waals surface area contributed by atoms with Crippen LogP contribution in [0.2, 0.25) is 0 Å². The monoisotopic (exact) mass is 364 g/mol. The minimum Gasteiger partial charge on any atom is -0.462 e. The molecule has 0 saturated carbocycles. The van der Waals surface area contributed by atoms with E-state index >= 15 is 0 Å². The zero-order valence-electron chi connectivity index (χ0n) is 13.3. The van der Waals surface area contributed by atoms with Crippen molar-refractivity contribution in [1.82, 2.24) is 9.97 Å². The van der Waals surface area contributed by atoms with Crippen molar-refractivity contribution in [3.8, 4) is 19.6 Å². The maximum atomic E-state index is 11.9.